The Morgan fingerprint density at radius 3 is 2.71 bits per heavy atom. The maximum absolute atomic E-state index is 10.4. The molecule has 2 rings (SSSR count). The molecule has 0 atom stereocenters. The predicted octanol–water partition coefficient (Wildman–Crippen LogP) is 2.01. The van der Waals surface area contributed by atoms with Crippen LogP contribution in [0.3, 0.4) is 0 Å². The van der Waals surface area contributed by atoms with Crippen LogP contribution in [0.25, 0.3) is 0 Å². The molecule has 3 nitrogen and oxygen atoms in total. The van der Waals surface area contributed by atoms with Gasteiger partial charge in [0, 0.05) is 6.42 Å². The summed E-state index contributed by atoms with van der Waals surface area (Å²) in [5.41, 5.74) is 0.462. The molecule has 0 amide bonds. The minimum Gasteiger partial charge on any atom is -0.495 e. The summed E-state index contributed by atoms with van der Waals surface area (Å²) in [6.07, 6.45) is 2.23. The molecular formula is C13H18ClNO2. The molecule has 1 aromatic rings. The highest BCUT2D eigenvalue weighted by Gasteiger charge is 2.29. The van der Waals surface area contributed by atoms with Gasteiger partial charge in [-0.15, -0.1) is 0 Å². The summed E-state index contributed by atoms with van der Waals surface area (Å²) in [5, 5.41) is 14.3. The lowest BCUT2D eigenvalue weighted by Crippen LogP contribution is -2.43. The lowest BCUT2D eigenvalue weighted by Gasteiger charge is -2.32. The van der Waals surface area contributed by atoms with E-state index in [-0.39, 0.29) is 0 Å². The van der Waals surface area contributed by atoms with Crippen molar-refractivity contribution in [2.75, 3.05) is 20.2 Å². The highest BCUT2D eigenvalue weighted by atomic mass is 35.5. The van der Waals surface area contributed by atoms with Gasteiger partial charge in [0.15, 0.2) is 0 Å². The molecule has 1 aliphatic heterocycles. The number of hydrogen-bond acceptors (Lipinski definition) is 3. The molecule has 0 spiro atoms. The molecule has 17 heavy (non-hydrogen) atoms. The second kappa shape index (κ2) is 5.25. The van der Waals surface area contributed by atoms with Crippen molar-refractivity contribution < 1.29 is 9.84 Å². The van der Waals surface area contributed by atoms with Crippen molar-refractivity contribution in [3.8, 4) is 5.75 Å². The first-order chi connectivity index (χ1) is 8.13. The van der Waals surface area contributed by atoms with Crippen LogP contribution in [0.1, 0.15) is 18.4 Å². The number of aliphatic hydroxyl groups is 1. The molecule has 94 valence electrons. The fourth-order valence-electron chi connectivity index (χ4n) is 2.27. The van der Waals surface area contributed by atoms with Crippen molar-refractivity contribution in [1.29, 1.82) is 0 Å². The van der Waals surface area contributed by atoms with E-state index in [4.69, 9.17) is 16.3 Å². The Morgan fingerprint density at radius 1 is 1.41 bits per heavy atom. The summed E-state index contributed by atoms with van der Waals surface area (Å²) in [5.74, 6) is 0.674. The zero-order valence-electron chi connectivity index (χ0n) is 10.0. The summed E-state index contributed by atoms with van der Waals surface area (Å²) in [6.45, 7) is 1.75. The molecule has 4 heteroatoms. The summed E-state index contributed by atoms with van der Waals surface area (Å²) < 4.78 is 5.11. The molecule has 1 saturated heterocycles. The van der Waals surface area contributed by atoms with E-state index in [9.17, 15) is 5.11 Å². The van der Waals surface area contributed by atoms with Crippen molar-refractivity contribution in [3.05, 3.63) is 28.8 Å². The smallest absolute Gasteiger partial charge is 0.137 e. The fourth-order valence-corrected chi connectivity index (χ4v) is 2.55. The highest BCUT2D eigenvalue weighted by molar-refractivity contribution is 6.32. The molecule has 0 aromatic heterocycles. The molecule has 0 unspecified atom stereocenters. The summed E-state index contributed by atoms with van der Waals surface area (Å²) in [7, 11) is 1.60. The summed E-state index contributed by atoms with van der Waals surface area (Å²) in [6, 6.07) is 5.69. The molecule has 1 aliphatic rings. The van der Waals surface area contributed by atoms with E-state index in [1.807, 2.05) is 18.2 Å². The van der Waals surface area contributed by atoms with Crippen LogP contribution >= 0.6 is 11.6 Å². The number of piperidine rings is 1. The summed E-state index contributed by atoms with van der Waals surface area (Å²) in [4.78, 5) is 0. The Morgan fingerprint density at radius 2 is 2.12 bits per heavy atom. The van der Waals surface area contributed by atoms with Crippen LogP contribution in [0.2, 0.25) is 5.02 Å². The van der Waals surface area contributed by atoms with Gasteiger partial charge < -0.3 is 15.2 Å². The molecule has 1 heterocycles. The Balaban J connectivity index is 2.10. The van der Waals surface area contributed by atoms with Crippen molar-refractivity contribution in [1.82, 2.24) is 5.32 Å². The van der Waals surface area contributed by atoms with Crippen LogP contribution in [0.15, 0.2) is 18.2 Å². The Kier molecular flexibility index (Phi) is 3.92. The largest absolute Gasteiger partial charge is 0.495 e. The van der Waals surface area contributed by atoms with Gasteiger partial charge in [0.05, 0.1) is 17.7 Å². The van der Waals surface area contributed by atoms with E-state index >= 15 is 0 Å². The monoisotopic (exact) mass is 255 g/mol. The molecule has 2 N–H and O–H groups in total. The van der Waals surface area contributed by atoms with Gasteiger partial charge in [0.25, 0.3) is 0 Å². The SMILES string of the molecule is COc1ccc(CC2(O)CCNCC2)cc1Cl. The fraction of sp³-hybridized carbons (Fsp3) is 0.538. The quantitative estimate of drug-likeness (QED) is 0.868. The third-order valence-electron chi connectivity index (χ3n) is 3.28. The number of nitrogens with one attached hydrogen (secondary N) is 1. The molecular weight excluding hydrogens is 238 g/mol. The van der Waals surface area contributed by atoms with Crippen LogP contribution in [-0.2, 0) is 6.42 Å². The van der Waals surface area contributed by atoms with Crippen LogP contribution < -0.4 is 10.1 Å². The minimum atomic E-state index is -0.594. The van der Waals surface area contributed by atoms with Gasteiger partial charge >= 0.3 is 0 Å². The van der Waals surface area contributed by atoms with Gasteiger partial charge in [-0.1, -0.05) is 17.7 Å². The first-order valence-electron chi connectivity index (χ1n) is 5.88. The Bertz CT molecular complexity index is 389. The maximum Gasteiger partial charge on any atom is 0.137 e. The third-order valence-corrected chi connectivity index (χ3v) is 3.58. The molecule has 0 bridgehead atoms. The topological polar surface area (TPSA) is 41.5 Å². The standard InChI is InChI=1S/C13H18ClNO2/c1-17-12-3-2-10(8-11(12)14)9-13(16)4-6-15-7-5-13/h2-3,8,15-16H,4-7,9H2,1H3. The van der Waals surface area contributed by atoms with Gasteiger partial charge in [-0.2, -0.15) is 0 Å². The van der Waals surface area contributed by atoms with E-state index in [1.165, 1.54) is 0 Å². The average molecular weight is 256 g/mol. The van der Waals surface area contributed by atoms with E-state index in [0.717, 1.165) is 31.5 Å². The highest BCUT2D eigenvalue weighted by Crippen LogP contribution is 2.29. The number of methoxy groups -OCH3 is 1. The predicted molar refractivity (Wildman–Crippen MR) is 68.8 cm³/mol. The van der Waals surface area contributed by atoms with Crippen molar-refractivity contribution in [2.45, 2.75) is 24.9 Å². The van der Waals surface area contributed by atoms with E-state index in [1.54, 1.807) is 7.11 Å². The second-order valence-electron chi connectivity index (χ2n) is 4.62. The molecule has 0 saturated carbocycles. The van der Waals surface area contributed by atoms with Gasteiger partial charge in [-0.3, -0.25) is 0 Å². The van der Waals surface area contributed by atoms with Crippen LogP contribution in [0.4, 0.5) is 0 Å². The molecule has 0 radical (unpaired) electrons. The molecule has 1 fully saturated rings. The Labute approximate surface area is 107 Å². The Hall–Kier alpha value is -0.770. The average Bonchev–Trinajstić information content (AvgIpc) is 2.29. The van der Waals surface area contributed by atoms with Gasteiger partial charge in [0.2, 0.25) is 0 Å². The van der Waals surface area contributed by atoms with Crippen LogP contribution in [0, 0.1) is 0 Å². The molecule has 0 aliphatic carbocycles. The lowest BCUT2D eigenvalue weighted by atomic mass is 9.86. The number of halogens is 1. The number of rotatable bonds is 3. The zero-order chi connectivity index (χ0) is 12.3. The maximum atomic E-state index is 10.4. The van der Waals surface area contributed by atoms with E-state index in [0.29, 0.717) is 17.2 Å². The number of hydrogen-bond donors (Lipinski definition) is 2. The number of ether oxygens (including phenoxy) is 1. The van der Waals surface area contributed by atoms with E-state index < -0.39 is 5.60 Å². The van der Waals surface area contributed by atoms with Crippen molar-refractivity contribution >= 4 is 11.6 Å². The minimum absolute atomic E-state index is 0.594. The van der Waals surface area contributed by atoms with Crippen molar-refractivity contribution in [2.24, 2.45) is 0 Å². The zero-order valence-corrected chi connectivity index (χ0v) is 10.8. The first kappa shape index (κ1) is 12.7. The van der Waals surface area contributed by atoms with Crippen molar-refractivity contribution in [3.63, 3.8) is 0 Å². The second-order valence-corrected chi connectivity index (χ2v) is 5.03. The first-order valence-corrected chi connectivity index (χ1v) is 6.26. The third kappa shape index (κ3) is 3.12. The van der Waals surface area contributed by atoms with Crippen LogP contribution in [0.5, 0.6) is 5.75 Å². The van der Waals surface area contributed by atoms with Gasteiger partial charge in [0.1, 0.15) is 5.75 Å². The molecule has 1 aromatic carbocycles. The van der Waals surface area contributed by atoms with E-state index in [2.05, 4.69) is 5.32 Å². The summed E-state index contributed by atoms with van der Waals surface area (Å²) >= 11 is 6.07. The number of benzene rings is 1. The van der Waals surface area contributed by atoms with Crippen LogP contribution in [-0.4, -0.2) is 30.9 Å². The van der Waals surface area contributed by atoms with Gasteiger partial charge in [-0.25, -0.2) is 0 Å². The lowest BCUT2D eigenvalue weighted by molar-refractivity contribution is 0.0109. The van der Waals surface area contributed by atoms with Gasteiger partial charge in [-0.05, 0) is 43.6 Å². The normalized spacial score (nSPS) is 19.0.